The maximum Gasteiger partial charge on any atom is 0.337 e. The van der Waals surface area contributed by atoms with Crippen molar-refractivity contribution >= 4 is 17.7 Å². The molecule has 2 N–H and O–H groups in total. The Balaban J connectivity index is 1.46. The van der Waals surface area contributed by atoms with Gasteiger partial charge in [-0.2, -0.15) is 4.98 Å². The van der Waals surface area contributed by atoms with Gasteiger partial charge in [-0.15, -0.1) is 0 Å². The second-order valence-corrected chi connectivity index (χ2v) is 5.46. The van der Waals surface area contributed by atoms with Crippen LogP contribution in [0.1, 0.15) is 16.2 Å². The molecule has 0 fully saturated rings. The summed E-state index contributed by atoms with van der Waals surface area (Å²) in [6, 6.07) is 9.60. The van der Waals surface area contributed by atoms with Crippen molar-refractivity contribution in [3.8, 4) is 11.5 Å². The van der Waals surface area contributed by atoms with Crippen LogP contribution in [0.3, 0.4) is 0 Å². The Bertz CT molecular complexity index is 909. The van der Waals surface area contributed by atoms with Crippen molar-refractivity contribution in [1.29, 1.82) is 0 Å². The number of carbonyl (C=O) groups excluding carboxylic acids is 2. The van der Waals surface area contributed by atoms with Gasteiger partial charge in [0.1, 0.15) is 0 Å². The maximum absolute atomic E-state index is 11.9. The largest absolute Gasteiger partial charge is 0.465 e. The highest BCUT2D eigenvalue weighted by Gasteiger charge is 2.10. The highest BCUT2D eigenvalue weighted by atomic mass is 16.5. The minimum Gasteiger partial charge on any atom is -0.465 e. The Labute approximate surface area is 154 Å². The number of nitrogens with one attached hydrogen (secondary N) is 2. The number of urea groups is 1. The Kier molecular flexibility index (Phi) is 5.73. The zero-order valence-corrected chi connectivity index (χ0v) is 14.5. The summed E-state index contributed by atoms with van der Waals surface area (Å²) in [7, 11) is 1.31. The van der Waals surface area contributed by atoms with E-state index in [4.69, 9.17) is 4.52 Å². The molecule has 0 saturated carbocycles. The lowest BCUT2D eigenvalue weighted by Gasteiger charge is -2.07. The van der Waals surface area contributed by atoms with Crippen molar-refractivity contribution < 1.29 is 18.8 Å². The topological polar surface area (TPSA) is 119 Å². The summed E-state index contributed by atoms with van der Waals surface area (Å²) in [6.07, 6.45) is 3.71. The van der Waals surface area contributed by atoms with E-state index in [2.05, 4.69) is 30.5 Å². The summed E-state index contributed by atoms with van der Waals surface area (Å²) < 4.78 is 9.80. The van der Waals surface area contributed by atoms with Gasteiger partial charge in [0.15, 0.2) is 5.82 Å². The van der Waals surface area contributed by atoms with Crippen LogP contribution >= 0.6 is 0 Å². The number of ether oxygens (including phenoxy) is 1. The van der Waals surface area contributed by atoms with Crippen molar-refractivity contribution in [3.63, 3.8) is 0 Å². The van der Waals surface area contributed by atoms with Crippen LogP contribution in [-0.2, 0) is 11.2 Å². The third-order valence-corrected chi connectivity index (χ3v) is 3.57. The Morgan fingerprint density at radius 1 is 1.19 bits per heavy atom. The number of benzene rings is 1. The molecule has 9 nitrogen and oxygen atoms in total. The third kappa shape index (κ3) is 4.88. The Hall–Kier alpha value is -3.75. The number of anilines is 1. The van der Waals surface area contributed by atoms with Crippen molar-refractivity contribution in [1.82, 2.24) is 20.4 Å². The van der Waals surface area contributed by atoms with Gasteiger partial charge >= 0.3 is 12.0 Å². The number of amides is 2. The van der Waals surface area contributed by atoms with E-state index in [1.807, 2.05) is 6.07 Å². The Morgan fingerprint density at radius 2 is 2.00 bits per heavy atom. The number of nitrogens with zero attached hydrogens (tertiary/aromatic N) is 3. The molecule has 0 saturated heterocycles. The van der Waals surface area contributed by atoms with E-state index in [1.54, 1.807) is 42.7 Å². The molecule has 0 aliphatic rings. The number of carbonyl (C=O) groups is 2. The zero-order valence-electron chi connectivity index (χ0n) is 14.5. The Morgan fingerprint density at radius 3 is 2.70 bits per heavy atom. The van der Waals surface area contributed by atoms with Gasteiger partial charge < -0.3 is 19.9 Å². The maximum atomic E-state index is 11.9. The van der Waals surface area contributed by atoms with Crippen LogP contribution in [0.4, 0.5) is 10.5 Å². The highest BCUT2D eigenvalue weighted by Crippen LogP contribution is 2.15. The lowest BCUT2D eigenvalue weighted by molar-refractivity contribution is 0.0600. The summed E-state index contributed by atoms with van der Waals surface area (Å²) in [6.45, 7) is 0.331. The second-order valence-electron chi connectivity index (χ2n) is 5.46. The molecule has 0 spiro atoms. The lowest BCUT2D eigenvalue weighted by Crippen LogP contribution is -2.30. The smallest absolute Gasteiger partial charge is 0.337 e. The second kappa shape index (κ2) is 8.56. The highest BCUT2D eigenvalue weighted by molar-refractivity contribution is 5.92. The number of rotatable bonds is 6. The van der Waals surface area contributed by atoms with E-state index in [0.717, 1.165) is 5.56 Å². The molecule has 0 atom stereocenters. The van der Waals surface area contributed by atoms with Gasteiger partial charge in [-0.05, 0) is 36.4 Å². The summed E-state index contributed by atoms with van der Waals surface area (Å²) in [5, 5.41) is 9.25. The first-order chi connectivity index (χ1) is 13.2. The molecule has 27 heavy (non-hydrogen) atoms. The van der Waals surface area contributed by atoms with E-state index < -0.39 is 5.97 Å². The monoisotopic (exact) mass is 367 g/mol. The molecule has 138 valence electrons. The summed E-state index contributed by atoms with van der Waals surface area (Å²) >= 11 is 0. The van der Waals surface area contributed by atoms with Crippen molar-refractivity contribution in [2.75, 3.05) is 19.0 Å². The molecule has 0 radical (unpaired) electrons. The standard InChI is InChI=1S/C18H17N5O4/c1-26-17(24)12-4-6-14(7-5-12)21-18(25)20-10-8-15-22-16(27-23-15)13-3-2-9-19-11-13/h2-7,9,11H,8,10H2,1H3,(H2,20,21,25). The molecule has 2 heterocycles. The van der Waals surface area contributed by atoms with Gasteiger partial charge in [-0.25, -0.2) is 9.59 Å². The van der Waals surface area contributed by atoms with Crippen molar-refractivity contribution in [2.24, 2.45) is 0 Å². The number of hydrogen-bond acceptors (Lipinski definition) is 7. The molecular formula is C18H17N5O4. The van der Waals surface area contributed by atoms with Crippen molar-refractivity contribution in [3.05, 3.63) is 60.2 Å². The first-order valence-corrected chi connectivity index (χ1v) is 8.12. The predicted molar refractivity (Wildman–Crippen MR) is 96.0 cm³/mol. The van der Waals surface area contributed by atoms with Gasteiger partial charge in [0.2, 0.25) is 0 Å². The fourth-order valence-corrected chi connectivity index (χ4v) is 2.23. The third-order valence-electron chi connectivity index (χ3n) is 3.57. The summed E-state index contributed by atoms with van der Waals surface area (Å²) in [5.74, 6) is 0.432. The molecule has 0 unspecified atom stereocenters. The van der Waals surface area contributed by atoms with Crippen LogP contribution in [0.25, 0.3) is 11.5 Å². The van der Waals surface area contributed by atoms with Crippen LogP contribution in [0, 0.1) is 0 Å². The quantitative estimate of drug-likeness (QED) is 0.641. The minimum absolute atomic E-state index is 0.331. The van der Waals surface area contributed by atoms with E-state index in [1.165, 1.54) is 7.11 Å². The van der Waals surface area contributed by atoms with Gasteiger partial charge in [0, 0.05) is 31.0 Å². The van der Waals surface area contributed by atoms with E-state index >= 15 is 0 Å². The van der Waals surface area contributed by atoms with Crippen LogP contribution in [0.2, 0.25) is 0 Å². The summed E-state index contributed by atoms with van der Waals surface area (Å²) in [5.41, 5.74) is 1.70. The molecule has 2 amide bonds. The van der Waals surface area contributed by atoms with Crippen LogP contribution in [0.5, 0.6) is 0 Å². The van der Waals surface area contributed by atoms with Crippen LogP contribution < -0.4 is 10.6 Å². The first kappa shape index (κ1) is 18.1. The number of methoxy groups -OCH3 is 1. The van der Waals surface area contributed by atoms with E-state index in [0.29, 0.717) is 35.9 Å². The normalized spacial score (nSPS) is 10.3. The SMILES string of the molecule is COC(=O)c1ccc(NC(=O)NCCc2noc(-c3cccnc3)n2)cc1. The molecular weight excluding hydrogens is 350 g/mol. The number of aromatic nitrogens is 3. The van der Waals surface area contributed by atoms with E-state index in [9.17, 15) is 9.59 Å². The van der Waals surface area contributed by atoms with Crippen LogP contribution in [0.15, 0.2) is 53.3 Å². The molecule has 3 aromatic rings. The fourth-order valence-electron chi connectivity index (χ4n) is 2.23. The minimum atomic E-state index is -0.434. The van der Waals surface area contributed by atoms with E-state index in [-0.39, 0.29) is 6.03 Å². The van der Waals surface area contributed by atoms with Crippen LogP contribution in [-0.4, -0.2) is 40.8 Å². The molecule has 0 aliphatic heterocycles. The predicted octanol–water partition coefficient (Wildman–Crippen LogP) is 2.28. The zero-order chi connectivity index (χ0) is 19.1. The summed E-state index contributed by atoms with van der Waals surface area (Å²) in [4.78, 5) is 31.5. The fraction of sp³-hybridized carbons (Fsp3) is 0.167. The van der Waals surface area contributed by atoms with Gasteiger partial charge in [-0.3, -0.25) is 4.98 Å². The van der Waals surface area contributed by atoms with Crippen molar-refractivity contribution in [2.45, 2.75) is 6.42 Å². The first-order valence-electron chi connectivity index (χ1n) is 8.12. The molecule has 2 aromatic heterocycles. The number of esters is 1. The lowest BCUT2D eigenvalue weighted by atomic mass is 10.2. The van der Waals surface area contributed by atoms with Gasteiger partial charge in [0.25, 0.3) is 5.89 Å². The molecule has 0 bridgehead atoms. The molecule has 1 aromatic carbocycles. The number of pyridine rings is 1. The average molecular weight is 367 g/mol. The average Bonchev–Trinajstić information content (AvgIpc) is 3.17. The number of hydrogen-bond donors (Lipinski definition) is 2. The molecule has 9 heteroatoms. The molecule has 3 rings (SSSR count). The van der Waals surface area contributed by atoms with Gasteiger partial charge in [0.05, 0.1) is 18.2 Å². The van der Waals surface area contributed by atoms with Gasteiger partial charge in [-0.1, -0.05) is 5.16 Å². The molecule has 0 aliphatic carbocycles.